The summed E-state index contributed by atoms with van der Waals surface area (Å²) >= 11 is 3.23. The first-order valence-electron chi connectivity index (χ1n) is 5.80. The second kappa shape index (κ2) is 5.39. The van der Waals surface area contributed by atoms with Crippen molar-refractivity contribution in [1.82, 2.24) is 0 Å². The Balaban J connectivity index is 2.53. The van der Waals surface area contributed by atoms with E-state index in [0.29, 0.717) is 26.7 Å². The molecule has 0 saturated carbocycles. The van der Waals surface area contributed by atoms with Crippen LogP contribution in [0.25, 0.3) is 0 Å². The molecule has 0 amide bonds. The summed E-state index contributed by atoms with van der Waals surface area (Å²) in [5.41, 5.74) is 2.54. The van der Waals surface area contributed by atoms with Gasteiger partial charge in [0.15, 0.2) is 0 Å². The summed E-state index contributed by atoms with van der Waals surface area (Å²) in [4.78, 5) is 0. The molecule has 0 aromatic heterocycles. The third-order valence-corrected chi connectivity index (χ3v) is 3.78. The van der Waals surface area contributed by atoms with E-state index in [4.69, 9.17) is 0 Å². The molecule has 0 saturated heterocycles. The first-order chi connectivity index (χ1) is 8.90. The van der Waals surface area contributed by atoms with Gasteiger partial charge in [0.05, 0.1) is 0 Å². The van der Waals surface area contributed by atoms with Crippen molar-refractivity contribution in [2.45, 2.75) is 20.0 Å². The lowest BCUT2D eigenvalue weighted by Crippen LogP contribution is -2.06. The Hall–Kier alpha value is -1.26. The van der Waals surface area contributed by atoms with Crippen molar-refractivity contribution in [3.05, 3.63) is 68.7 Å². The molecule has 1 N–H and O–H groups in total. The van der Waals surface area contributed by atoms with Crippen LogP contribution in [-0.2, 0) is 0 Å². The van der Waals surface area contributed by atoms with E-state index in [0.717, 1.165) is 0 Å². The van der Waals surface area contributed by atoms with E-state index >= 15 is 0 Å². The molecule has 19 heavy (non-hydrogen) atoms. The molecule has 2 aromatic rings. The summed E-state index contributed by atoms with van der Waals surface area (Å²) in [6.45, 7) is 3.48. The molecule has 0 bridgehead atoms. The van der Waals surface area contributed by atoms with Crippen LogP contribution in [0.15, 0.2) is 34.8 Å². The predicted molar refractivity (Wildman–Crippen MR) is 74.0 cm³/mol. The summed E-state index contributed by atoms with van der Waals surface area (Å²) in [6, 6.07) is 6.86. The molecule has 0 aliphatic carbocycles. The molecular formula is C15H13BrF2O. The maximum Gasteiger partial charge on any atom is 0.124 e. The molecule has 1 nitrogen and oxygen atoms in total. The second-order valence-corrected chi connectivity index (χ2v) is 5.38. The van der Waals surface area contributed by atoms with E-state index in [1.807, 2.05) is 0 Å². The number of halogens is 3. The molecule has 2 rings (SSSR count). The zero-order valence-corrected chi connectivity index (χ0v) is 12.1. The lowest BCUT2D eigenvalue weighted by molar-refractivity contribution is 0.217. The fraction of sp³-hybridized carbons (Fsp3) is 0.200. The van der Waals surface area contributed by atoms with Gasteiger partial charge in [0.2, 0.25) is 0 Å². The number of benzene rings is 2. The highest BCUT2D eigenvalue weighted by molar-refractivity contribution is 9.10. The summed E-state index contributed by atoms with van der Waals surface area (Å²) in [5, 5.41) is 10.4. The number of hydrogen-bond donors (Lipinski definition) is 1. The van der Waals surface area contributed by atoms with E-state index < -0.39 is 6.10 Å². The Bertz CT molecular complexity index is 603. The molecule has 1 unspecified atom stereocenters. The lowest BCUT2D eigenvalue weighted by atomic mass is 9.93. The normalized spacial score (nSPS) is 12.5. The van der Waals surface area contributed by atoms with Crippen LogP contribution >= 0.6 is 15.9 Å². The van der Waals surface area contributed by atoms with Crippen LogP contribution in [0.3, 0.4) is 0 Å². The maximum absolute atomic E-state index is 13.3. The zero-order valence-electron chi connectivity index (χ0n) is 10.5. The first-order valence-corrected chi connectivity index (χ1v) is 6.59. The molecule has 1 atom stereocenters. The monoisotopic (exact) mass is 326 g/mol. The Morgan fingerprint density at radius 2 is 1.58 bits per heavy atom. The summed E-state index contributed by atoms with van der Waals surface area (Å²) < 4.78 is 26.8. The third-order valence-electron chi connectivity index (χ3n) is 3.09. The van der Waals surface area contributed by atoms with Crippen LogP contribution in [0.1, 0.15) is 28.4 Å². The van der Waals surface area contributed by atoms with Gasteiger partial charge in [-0.15, -0.1) is 0 Å². The van der Waals surface area contributed by atoms with Gasteiger partial charge in [-0.2, -0.15) is 0 Å². The van der Waals surface area contributed by atoms with Gasteiger partial charge < -0.3 is 5.11 Å². The highest BCUT2D eigenvalue weighted by atomic mass is 79.9. The fourth-order valence-corrected chi connectivity index (χ4v) is 2.80. The van der Waals surface area contributed by atoms with Gasteiger partial charge in [0, 0.05) is 4.47 Å². The Morgan fingerprint density at radius 3 is 2.11 bits per heavy atom. The minimum Gasteiger partial charge on any atom is -0.384 e. The van der Waals surface area contributed by atoms with E-state index in [1.54, 1.807) is 13.8 Å². The highest BCUT2D eigenvalue weighted by Crippen LogP contribution is 2.32. The van der Waals surface area contributed by atoms with Crippen molar-refractivity contribution in [1.29, 1.82) is 0 Å². The van der Waals surface area contributed by atoms with Gasteiger partial charge >= 0.3 is 0 Å². The Labute approximate surface area is 119 Å². The molecular weight excluding hydrogens is 314 g/mol. The molecule has 100 valence electrons. The minimum atomic E-state index is -0.921. The number of rotatable bonds is 2. The predicted octanol–water partition coefficient (Wildman–Crippen LogP) is 4.43. The van der Waals surface area contributed by atoms with E-state index in [2.05, 4.69) is 15.9 Å². The van der Waals surface area contributed by atoms with Gasteiger partial charge in [0.1, 0.15) is 17.7 Å². The zero-order chi connectivity index (χ0) is 14.2. The van der Waals surface area contributed by atoms with Crippen LogP contribution < -0.4 is 0 Å². The van der Waals surface area contributed by atoms with Gasteiger partial charge in [-0.1, -0.05) is 22.0 Å². The average Bonchev–Trinajstić information content (AvgIpc) is 2.26. The Kier molecular flexibility index (Phi) is 4.02. The molecule has 0 spiro atoms. The van der Waals surface area contributed by atoms with Gasteiger partial charge in [-0.05, 0) is 60.4 Å². The van der Waals surface area contributed by atoms with Crippen molar-refractivity contribution in [2.24, 2.45) is 0 Å². The number of hydrogen-bond acceptors (Lipinski definition) is 1. The topological polar surface area (TPSA) is 20.2 Å². The average molecular weight is 327 g/mol. The maximum atomic E-state index is 13.3. The molecule has 0 aliphatic heterocycles. The van der Waals surface area contributed by atoms with Crippen molar-refractivity contribution in [3.63, 3.8) is 0 Å². The lowest BCUT2D eigenvalue weighted by Gasteiger charge is -2.18. The Morgan fingerprint density at radius 1 is 1.00 bits per heavy atom. The third kappa shape index (κ3) is 2.85. The molecule has 0 aliphatic rings. The van der Waals surface area contributed by atoms with E-state index in [-0.39, 0.29) is 11.6 Å². The van der Waals surface area contributed by atoms with Crippen LogP contribution in [0.4, 0.5) is 8.78 Å². The number of aliphatic hydroxyl groups is 1. The fourth-order valence-electron chi connectivity index (χ4n) is 2.23. The summed E-state index contributed by atoms with van der Waals surface area (Å²) in [7, 11) is 0. The van der Waals surface area contributed by atoms with Crippen LogP contribution in [0, 0.1) is 25.5 Å². The largest absolute Gasteiger partial charge is 0.384 e. The van der Waals surface area contributed by atoms with Gasteiger partial charge in [-0.25, -0.2) is 8.78 Å². The summed E-state index contributed by atoms with van der Waals surface area (Å²) in [6.07, 6.45) is -0.921. The van der Waals surface area contributed by atoms with Crippen LogP contribution in [0.5, 0.6) is 0 Å². The molecule has 0 fully saturated rings. The standard InChI is InChI=1S/C15H13BrF2O/c1-8-5-11(18)6-9(2)14(8)15(19)12-4-3-10(17)7-13(12)16/h3-7,15,19H,1-2H3. The van der Waals surface area contributed by atoms with Gasteiger partial charge in [0.25, 0.3) is 0 Å². The molecule has 4 heteroatoms. The molecule has 0 heterocycles. The SMILES string of the molecule is Cc1cc(F)cc(C)c1C(O)c1ccc(F)cc1Br. The van der Waals surface area contributed by atoms with Crippen molar-refractivity contribution in [3.8, 4) is 0 Å². The second-order valence-electron chi connectivity index (χ2n) is 4.52. The van der Waals surface area contributed by atoms with E-state index in [9.17, 15) is 13.9 Å². The quantitative estimate of drug-likeness (QED) is 0.865. The minimum absolute atomic E-state index is 0.330. The van der Waals surface area contributed by atoms with Gasteiger partial charge in [-0.3, -0.25) is 0 Å². The first kappa shape index (κ1) is 14.2. The molecule has 2 aromatic carbocycles. The van der Waals surface area contributed by atoms with Crippen LogP contribution in [-0.4, -0.2) is 5.11 Å². The highest BCUT2D eigenvalue weighted by Gasteiger charge is 2.19. The summed E-state index contributed by atoms with van der Waals surface area (Å²) in [5.74, 6) is -0.709. The van der Waals surface area contributed by atoms with Crippen LogP contribution in [0.2, 0.25) is 0 Å². The number of aliphatic hydroxyl groups excluding tert-OH is 1. The van der Waals surface area contributed by atoms with Crippen molar-refractivity contribution < 1.29 is 13.9 Å². The smallest absolute Gasteiger partial charge is 0.124 e. The van der Waals surface area contributed by atoms with Crippen molar-refractivity contribution in [2.75, 3.05) is 0 Å². The van der Waals surface area contributed by atoms with E-state index in [1.165, 1.54) is 30.3 Å². The number of aryl methyl sites for hydroxylation is 2. The molecule has 0 radical (unpaired) electrons. The van der Waals surface area contributed by atoms with Crippen molar-refractivity contribution >= 4 is 15.9 Å².